The van der Waals surface area contributed by atoms with Crippen molar-refractivity contribution in [3.8, 4) is 0 Å². The van der Waals surface area contributed by atoms with Gasteiger partial charge in [-0.3, -0.25) is 24.2 Å². The van der Waals surface area contributed by atoms with Crippen LogP contribution in [0.2, 0.25) is 0 Å². The van der Waals surface area contributed by atoms with E-state index in [0.29, 0.717) is 37.0 Å². The first-order valence-electron chi connectivity index (χ1n) is 9.90. The van der Waals surface area contributed by atoms with Crippen LogP contribution in [-0.4, -0.2) is 66.5 Å². The van der Waals surface area contributed by atoms with Gasteiger partial charge in [0.05, 0.1) is 22.4 Å². The van der Waals surface area contributed by atoms with Crippen molar-refractivity contribution in [1.29, 1.82) is 0 Å². The van der Waals surface area contributed by atoms with Crippen LogP contribution >= 0.6 is 0 Å². The van der Waals surface area contributed by atoms with Crippen LogP contribution in [0.1, 0.15) is 0 Å². The minimum absolute atomic E-state index is 0.209. The molecule has 11 heteroatoms. The van der Waals surface area contributed by atoms with Crippen LogP contribution in [0.3, 0.4) is 0 Å². The van der Waals surface area contributed by atoms with Gasteiger partial charge in [-0.2, -0.15) is 5.10 Å². The molecule has 4 heterocycles. The number of aromatic nitrogens is 6. The fourth-order valence-corrected chi connectivity index (χ4v) is 3.96. The summed E-state index contributed by atoms with van der Waals surface area (Å²) < 4.78 is 2.78. The maximum absolute atomic E-state index is 12.8. The monoisotopic (exact) mass is 420 g/mol. The lowest BCUT2D eigenvalue weighted by Crippen LogP contribution is -2.50. The molecule has 0 bridgehead atoms. The fourth-order valence-electron chi connectivity index (χ4n) is 3.96. The second kappa shape index (κ2) is 7.35. The highest BCUT2D eigenvalue weighted by molar-refractivity contribution is 5.87. The maximum atomic E-state index is 12.8. The third kappa shape index (κ3) is 3.23. The molecule has 5 rings (SSSR count). The van der Waals surface area contributed by atoms with E-state index in [2.05, 4.69) is 25.1 Å². The Balaban J connectivity index is 1.32. The molecule has 4 aromatic rings. The van der Waals surface area contributed by atoms with Crippen molar-refractivity contribution < 1.29 is 4.79 Å². The molecule has 1 fully saturated rings. The fraction of sp³-hybridized carbons (Fsp3) is 0.300. The van der Waals surface area contributed by atoms with Gasteiger partial charge in [-0.25, -0.2) is 14.6 Å². The van der Waals surface area contributed by atoms with Crippen molar-refractivity contribution in [3.05, 3.63) is 57.5 Å². The van der Waals surface area contributed by atoms with Gasteiger partial charge in [0, 0.05) is 33.2 Å². The highest BCUT2D eigenvalue weighted by atomic mass is 16.2. The largest absolute Gasteiger partial charge is 0.352 e. The van der Waals surface area contributed by atoms with E-state index in [1.165, 1.54) is 6.33 Å². The van der Waals surface area contributed by atoms with E-state index in [0.717, 1.165) is 21.5 Å². The first-order chi connectivity index (χ1) is 15.0. The third-order valence-electron chi connectivity index (χ3n) is 5.62. The summed E-state index contributed by atoms with van der Waals surface area (Å²) in [4.78, 5) is 50.2. The Morgan fingerprint density at radius 2 is 1.77 bits per heavy atom. The number of aromatic amines is 1. The number of H-pyrrole nitrogens is 1. The van der Waals surface area contributed by atoms with E-state index in [1.54, 1.807) is 40.0 Å². The Hall–Kier alpha value is -4.02. The molecule has 1 aliphatic rings. The molecule has 0 spiro atoms. The van der Waals surface area contributed by atoms with Gasteiger partial charge < -0.3 is 9.80 Å². The van der Waals surface area contributed by atoms with Crippen LogP contribution in [0.4, 0.5) is 5.82 Å². The number of rotatable bonds is 3. The summed E-state index contributed by atoms with van der Waals surface area (Å²) in [5.74, 6) is 0.571. The van der Waals surface area contributed by atoms with E-state index in [1.807, 2.05) is 7.05 Å². The van der Waals surface area contributed by atoms with Gasteiger partial charge in [0.15, 0.2) is 5.65 Å². The third-order valence-corrected chi connectivity index (χ3v) is 5.62. The van der Waals surface area contributed by atoms with Crippen LogP contribution in [0.15, 0.2) is 46.4 Å². The molecule has 11 nitrogen and oxygen atoms in total. The summed E-state index contributed by atoms with van der Waals surface area (Å²) >= 11 is 0. The Morgan fingerprint density at radius 1 is 1.03 bits per heavy atom. The number of carbonyl (C=O) groups excluding carboxylic acids is 1. The van der Waals surface area contributed by atoms with E-state index < -0.39 is 5.56 Å². The molecule has 1 aliphatic heterocycles. The molecule has 0 unspecified atom stereocenters. The van der Waals surface area contributed by atoms with Crippen molar-refractivity contribution >= 4 is 33.5 Å². The van der Waals surface area contributed by atoms with Crippen molar-refractivity contribution in [3.63, 3.8) is 0 Å². The highest BCUT2D eigenvalue weighted by Gasteiger charge is 2.24. The highest BCUT2D eigenvalue weighted by Crippen LogP contribution is 2.23. The zero-order valence-electron chi connectivity index (χ0n) is 16.9. The summed E-state index contributed by atoms with van der Waals surface area (Å²) in [5.41, 5.74) is -0.0256. The molecule has 31 heavy (non-hydrogen) atoms. The molecule has 158 valence electrons. The van der Waals surface area contributed by atoms with Crippen LogP contribution in [0.5, 0.6) is 0 Å². The summed E-state index contributed by atoms with van der Waals surface area (Å²) in [6.07, 6.45) is 3.25. The predicted molar refractivity (Wildman–Crippen MR) is 114 cm³/mol. The van der Waals surface area contributed by atoms with Gasteiger partial charge in [-0.05, 0) is 12.1 Å². The van der Waals surface area contributed by atoms with Crippen LogP contribution < -0.4 is 16.0 Å². The SMILES string of the molecule is Cn1ncc2c(N3CCN(C(=O)Cn4[nH]c(=O)c5ccccc5c4=O)CC3)ncnc21. The minimum atomic E-state index is -0.392. The first-order valence-corrected chi connectivity index (χ1v) is 9.90. The van der Waals surface area contributed by atoms with Crippen LogP contribution in [0.25, 0.3) is 21.8 Å². The number of hydrogen-bond donors (Lipinski definition) is 1. The molecular weight excluding hydrogens is 400 g/mol. The van der Waals surface area contributed by atoms with Gasteiger partial charge in [0.1, 0.15) is 18.7 Å². The predicted octanol–water partition coefficient (Wildman–Crippen LogP) is -0.285. The lowest BCUT2D eigenvalue weighted by Gasteiger charge is -2.35. The Bertz CT molecular complexity index is 1410. The Kier molecular flexibility index (Phi) is 4.50. The average Bonchev–Trinajstić information content (AvgIpc) is 3.18. The minimum Gasteiger partial charge on any atom is -0.352 e. The number of hydrogen-bond acceptors (Lipinski definition) is 7. The van der Waals surface area contributed by atoms with Gasteiger partial charge >= 0.3 is 0 Å². The van der Waals surface area contributed by atoms with E-state index in [4.69, 9.17) is 0 Å². The molecule has 0 saturated carbocycles. The number of carbonyl (C=O) groups is 1. The second-order valence-electron chi connectivity index (χ2n) is 7.45. The van der Waals surface area contributed by atoms with Gasteiger partial charge in [-0.1, -0.05) is 12.1 Å². The molecule has 0 radical (unpaired) electrons. The molecule has 0 aliphatic carbocycles. The number of anilines is 1. The standard InChI is InChI=1S/C20H20N8O3/c1-25-17-15(10-23-25)18(22-12-21-17)27-8-6-26(7-9-27)16(29)11-28-20(31)14-5-3-2-4-13(14)19(30)24-28/h2-5,10,12H,6-9,11H2,1H3,(H,24,30). The number of amides is 1. The number of piperazine rings is 1. The summed E-state index contributed by atoms with van der Waals surface area (Å²) in [7, 11) is 1.83. The summed E-state index contributed by atoms with van der Waals surface area (Å²) in [6, 6.07) is 6.57. The molecule has 0 atom stereocenters. The zero-order chi connectivity index (χ0) is 21.5. The van der Waals surface area contributed by atoms with Crippen LogP contribution in [0, 0.1) is 0 Å². The quantitative estimate of drug-likeness (QED) is 0.483. The second-order valence-corrected chi connectivity index (χ2v) is 7.45. The van der Waals surface area contributed by atoms with Crippen molar-refractivity contribution in [1.82, 2.24) is 34.4 Å². The molecule has 1 amide bonds. The molecule has 1 N–H and O–H groups in total. The van der Waals surface area contributed by atoms with E-state index in [9.17, 15) is 14.4 Å². The Morgan fingerprint density at radius 3 is 2.55 bits per heavy atom. The van der Waals surface area contributed by atoms with E-state index in [-0.39, 0.29) is 18.0 Å². The Labute approximate surface area is 175 Å². The van der Waals surface area contributed by atoms with Crippen LogP contribution in [-0.2, 0) is 18.4 Å². The van der Waals surface area contributed by atoms with Crippen molar-refractivity contribution in [2.75, 3.05) is 31.1 Å². The molecular formula is C20H20N8O3. The topological polar surface area (TPSA) is 122 Å². The summed E-state index contributed by atoms with van der Waals surface area (Å²) in [6.45, 7) is 1.94. The number of benzene rings is 1. The summed E-state index contributed by atoms with van der Waals surface area (Å²) in [5, 5.41) is 8.23. The van der Waals surface area contributed by atoms with Crippen molar-refractivity contribution in [2.45, 2.75) is 6.54 Å². The van der Waals surface area contributed by atoms with E-state index >= 15 is 0 Å². The number of nitrogens with one attached hydrogen (secondary N) is 1. The lowest BCUT2D eigenvalue weighted by molar-refractivity contribution is -0.132. The average molecular weight is 420 g/mol. The number of aryl methyl sites for hydroxylation is 1. The van der Waals surface area contributed by atoms with Gasteiger partial charge in [-0.15, -0.1) is 0 Å². The van der Waals surface area contributed by atoms with Gasteiger partial charge in [0.2, 0.25) is 5.91 Å². The van der Waals surface area contributed by atoms with Gasteiger partial charge in [0.25, 0.3) is 11.1 Å². The zero-order valence-corrected chi connectivity index (χ0v) is 16.9. The lowest BCUT2D eigenvalue weighted by atomic mass is 10.2. The maximum Gasteiger partial charge on any atom is 0.273 e. The van der Waals surface area contributed by atoms with Crippen molar-refractivity contribution in [2.24, 2.45) is 7.05 Å². The smallest absolute Gasteiger partial charge is 0.273 e. The molecule has 1 saturated heterocycles. The first kappa shape index (κ1) is 19.0. The molecule has 1 aromatic carbocycles. The normalized spacial score (nSPS) is 14.5. The number of nitrogens with zero attached hydrogens (tertiary/aromatic N) is 7. The number of fused-ring (bicyclic) bond motifs is 2. The molecule has 3 aromatic heterocycles.